The quantitative estimate of drug-likeness (QED) is 0.308. The molecule has 0 fully saturated rings. The van der Waals surface area contributed by atoms with E-state index in [1.165, 1.54) is 12.1 Å². The maximum atomic E-state index is 13.3. The first-order chi connectivity index (χ1) is 13.7. The Morgan fingerprint density at radius 3 is 2.42 bits per heavy atom. The molecule has 0 bridgehead atoms. The summed E-state index contributed by atoms with van der Waals surface area (Å²) in [5.41, 5.74) is 5.54. The van der Waals surface area contributed by atoms with Crippen LogP contribution in [0.4, 0.5) is 4.39 Å². The van der Waals surface area contributed by atoms with Gasteiger partial charge in [-0.1, -0.05) is 17.7 Å². The third-order valence-corrected chi connectivity index (χ3v) is 4.84. The summed E-state index contributed by atoms with van der Waals surface area (Å²) in [6.45, 7) is 0. The van der Waals surface area contributed by atoms with E-state index in [4.69, 9.17) is 11.6 Å². The molecule has 0 aliphatic carbocycles. The number of nitrogens with zero attached hydrogens (tertiary/aromatic N) is 4. The summed E-state index contributed by atoms with van der Waals surface area (Å²) in [4.78, 5) is 8.84. The van der Waals surface area contributed by atoms with Crippen LogP contribution in [0.1, 0.15) is 0 Å². The molecule has 0 unspecified atom stereocenters. The highest BCUT2D eigenvalue weighted by Gasteiger charge is 2.16. The van der Waals surface area contributed by atoms with Gasteiger partial charge in [0.2, 0.25) is 0 Å². The van der Waals surface area contributed by atoms with Gasteiger partial charge in [-0.15, -0.1) is 37.2 Å². The van der Waals surface area contributed by atoms with Gasteiger partial charge in [-0.05, 0) is 42.5 Å². The van der Waals surface area contributed by atoms with Crippen LogP contribution in [-0.2, 0) is 0 Å². The fourth-order valence-corrected chi connectivity index (χ4v) is 3.49. The summed E-state index contributed by atoms with van der Waals surface area (Å²) in [5, 5.41) is 7.76. The molecule has 1 N–H and O–H groups in total. The zero-order valence-electron chi connectivity index (χ0n) is 15.7. The molecule has 0 atom stereocenters. The van der Waals surface area contributed by atoms with E-state index in [2.05, 4.69) is 20.2 Å². The van der Waals surface area contributed by atoms with Gasteiger partial charge in [-0.2, -0.15) is 5.10 Å². The number of H-pyrrole nitrogens is 1. The number of halogens is 5. The van der Waals surface area contributed by atoms with Gasteiger partial charge in [-0.3, -0.25) is 14.5 Å². The van der Waals surface area contributed by atoms with Gasteiger partial charge in [0.05, 0.1) is 28.3 Å². The molecule has 5 rings (SSSR count). The summed E-state index contributed by atoms with van der Waals surface area (Å²) in [6, 6.07) is 13.8. The standard InChI is InChI=1S/C21H13ClFN5.3ClH/c22-17-9-14(16-10-26-27-20(16)13-4-6-15(23)7-5-13)12-28-19(11-25-21(17)28)18-3-1-2-8-24-18;;;/h1-12H,(H,26,27);3*1H. The summed E-state index contributed by atoms with van der Waals surface area (Å²) in [5.74, 6) is -0.288. The Kier molecular flexibility index (Phi) is 8.03. The van der Waals surface area contributed by atoms with Crippen molar-refractivity contribution in [2.75, 3.05) is 0 Å². The van der Waals surface area contributed by atoms with E-state index >= 15 is 0 Å². The lowest BCUT2D eigenvalue weighted by molar-refractivity contribution is 0.628. The zero-order chi connectivity index (χ0) is 19.1. The fraction of sp³-hybridized carbons (Fsp3) is 0. The van der Waals surface area contributed by atoms with Gasteiger partial charge in [0.25, 0.3) is 0 Å². The van der Waals surface area contributed by atoms with Gasteiger partial charge >= 0.3 is 0 Å². The van der Waals surface area contributed by atoms with Crippen LogP contribution in [-0.4, -0.2) is 24.6 Å². The van der Waals surface area contributed by atoms with Crippen molar-refractivity contribution in [1.29, 1.82) is 0 Å². The summed E-state index contributed by atoms with van der Waals surface area (Å²) >= 11 is 6.52. The van der Waals surface area contributed by atoms with Gasteiger partial charge in [-0.25, -0.2) is 9.37 Å². The van der Waals surface area contributed by atoms with E-state index in [1.54, 1.807) is 30.7 Å². The number of rotatable bonds is 3. The number of nitrogens with one attached hydrogen (secondary N) is 1. The van der Waals surface area contributed by atoms with Crippen LogP contribution in [0.5, 0.6) is 0 Å². The Morgan fingerprint density at radius 1 is 0.935 bits per heavy atom. The third-order valence-electron chi connectivity index (χ3n) is 4.56. The molecule has 1 aromatic carbocycles. The molecule has 0 aliphatic heterocycles. The van der Waals surface area contributed by atoms with Crippen LogP contribution in [0.25, 0.3) is 39.4 Å². The topological polar surface area (TPSA) is 58.9 Å². The molecule has 4 heterocycles. The van der Waals surface area contributed by atoms with E-state index in [0.29, 0.717) is 10.7 Å². The lowest BCUT2D eigenvalue weighted by Gasteiger charge is -2.08. The molecular weight excluding hydrogens is 483 g/mol. The molecule has 5 aromatic rings. The maximum absolute atomic E-state index is 13.3. The first-order valence-corrected chi connectivity index (χ1v) is 8.96. The van der Waals surface area contributed by atoms with Crippen molar-refractivity contribution in [2.45, 2.75) is 0 Å². The number of fused-ring (bicyclic) bond motifs is 1. The molecule has 5 nitrogen and oxygen atoms in total. The van der Waals surface area contributed by atoms with Crippen LogP contribution >= 0.6 is 48.8 Å². The van der Waals surface area contributed by atoms with Crippen molar-refractivity contribution in [1.82, 2.24) is 24.6 Å². The predicted molar refractivity (Wildman–Crippen MR) is 128 cm³/mol. The van der Waals surface area contributed by atoms with Crippen LogP contribution in [0.2, 0.25) is 5.02 Å². The van der Waals surface area contributed by atoms with E-state index in [9.17, 15) is 4.39 Å². The molecule has 0 spiro atoms. The second-order valence-electron chi connectivity index (χ2n) is 6.28. The number of hydrogen-bond acceptors (Lipinski definition) is 3. The predicted octanol–water partition coefficient (Wildman–Crippen LogP) is 6.51. The number of aromatic nitrogens is 5. The molecular formula is C21H16Cl4FN5. The third kappa shape index (κ3) is 4.52. The van der Waals surface area contributed by atoms with E-state index < -0.39 is 0 Å². The smallest absolute Gasteiger partial charge is 0.156 e. The molecule has 0 saturated heterocycles. The number of benzene rings is 1. The lowest BCUT2D eigenvalue weighted by atomic mass is 10.0. The van der Waals surface area contributed by atoms with Crippen molar-refractivity contribution < 1.29 is 4.39 Å². The van der Waals surface area contributed by atoms with Gasteiger partial charge in [0.1, 0.15) is 5.82 Å². The first kappa shape index (κ1) is 24.6. The highest BCUT2D eigenvalue weighted by Crippen LogP contribution is 2.34. The van der Waals surface area contributed by atoms with E-state index in [0.717, 1.165) is 33.8 Å². The monoisotopic (exact) mass is 497 g/mol. The minimum absolute atomic E-state index is 0. The molecule has 10 heteroatoms. The van der Waals surface area contributed by atoms with E-state index in [1.807, 2.05) is 34.9 Å². The molecule has 0 saturated carbocycles. The molecule has 0 aliphatic rings. The Labute approximate surface area is 200 Å². The molecule has 31 heavy (non-hydrogen) atoms. The minimum Gasteiger partial charge on any atom is -0.296 e. The Balaban J connectivity index is 0.00000114. The van der Waals surface area contributed by atoms with Crippen LogP contribution in [0.15, 0.2) is 73.3 Å². The highest BCUT2D eigenvalue weighted by molar-refractivity contribution is 6.33. The molecule has 160 valence electrons. The number of hydrogen-bond donors (Lipinski definition) is 1. The molecule has 0 amide bonds. The largest absolute Gasteiger partial charge is 0.296 e. The average Bonchev–Trinajstić information content (AvgIpc) is 3.37. The van der Waals surface area contributed by atoms with Gasteiger partial charge in [0.15, 0.2) is 5.65 Å². The summed E-state index contributed by atoms with van der Waals surface area (Å²) in [7, 11) is 0. The highest BCUT2D eigenvalue weighted by atomic mass is 35.5. The summed E-state index contributed by atoms with van der Waals surface area (Å²) < 4.78 is 15.2. The average molecular weight is 499 g/mol. The fourth-order valence-electron chi connectivity index (χ4n) is 3.23. The van der Waals surface area contributed by atoms with Crippen molar-refractivity contribution in [3.63, 3.8) is 0 Å². The Bertz CT molecular complexity index is 1290. The normalized spacial score (nSPS) is 10.1. The maximum Gasteiger partial charge on any atom is 0.156 e. The van der Waals surface area contributed by atoms with Crippen LogP contribution < -0.4 is 0 Å². The minimum atomic E-state index is -0.288. The van der Waals surface area contributed by atoms with E-state index in [-0.39, 0.29) is 43.0 Å². The summed E-state index contributed by atoms with van der Waals surface area (Å²) in [6.07, 6.45) is 7.25. The van der Waals surface area contributed by atoms with Gasteiger partial charge < -0.3 is 0 Å². The van der Waals surface area contributed by atoms with Crippen LogP contribution in [0.3, 0.4) is 0 Å². The number of imidazole rings is 1. The van der Waals surface area contributed by atoms with Crippen molar-refractivity contribution in [3.05, 3.63) is 84.2 Å². The lowest BCUT2D eigenvalue weighted by Crippen LogP contribution is -1.93. The second-order valence-corrected chi connectivity index (χ2v) is 6.69. The molecule has 4 aromatic heterocycles. The number of aromatic amines is 1. The second kappa shape index (κ2) is 10.1. The SMILES string of the molecule is Cl.Cl.Cl.Fc1ccc(-c2n[nH]cc2-c2cc(Cl)c3ncc(-c4ccccn4)n3c2)cc1. The van der Waals surface area contributed by atoms with Crippen molar-refractivity contribution in [2.24, 2.45) is 0 Å². The van der Waals surface area contributed by atoms with Gasteiger partial charge in [0, 0.05) is 35.3 Å². The van der Waals surface area contributed by atoms with Crippen LogP contribution in [0, 0.1) is 5.82 Å². The van der Waals surface area contributed by atoms with Crippen molar-refractivity contribution >= 4 is 54.5 Å². The number of pyridine rings is 2. The Hall–Kier alpha value is -2.64. The molecule has 0 radical (unpaired) electrons. The Morgan fingerprint density at radius 2 is 1.71 bits per heavy atom. The first-order valence-electron chi connectivity index (χ1n) is 8.59. The zero-order valence-corrected chi connectivity index (χ0v) is 18.9. The van der Waals surface area contributed by atoms with Crippen molar-refractivity contribution in [3.8, 4) is 33.8 Å².